The van der Waals surface area contributed by atoms with Crippen LogP contribution < -0.4 is 0 Å². The van der Waals surface area contributed by atoms with Gasteiger partial charge in [0.15, 0.2) is 0 Å². The molecule has 0 aliphatic carbocycles. The van der Waals surface area contributed by atoms with Crippen LogP contribution >= 0.6 is 27.7 Å². The Labute approximate surface area is 93.9 Å². The van der Waals surface area contributed by atoms with Crippen molar-refractivity contribution in [3.8, 4) is 0 Å². The summed E-state index contributed by atoms with van der Waals surface area (Å²) in [4.78, 5) is 0. The normalized spacial score (nSPS) is 14.4. The summed E-state index contributed by atoms with van der Waals surface area (Å²) in [7, 11) is -2.77. The third-order valence-electron chi connectivity index (χ3n) is 1.75. The Balaban J connectivity index is 3.45. The molecule has 13 heavy (non-hydrogen) atoms. The second-order valence-electron chi connectivity index (χ2n) is 3.13. The molecule has 0 saturated heterocycles. The zero-order chi connectivity index (χ0) is 10.3. The Morgan fingerprint density at radius 2 is 2.08 bits per heavy atom. The van der Waals surface area contributed by atoms with Crippen LogP contribution in [0.1, 0.15) is 13.3 Å². The molecule has 0 saturated carbocycles. The quantitative estimate of drug-likeness (QED) is 0.532. The first kappa shape index (κ1) is 13.8. The molecule has 0 heterocycles. The number of hydrogen-bond donors (Lipinski definition) is 0. The first-order valence-electron chi connectivity index (χ1n) is 4.31. The summed E-state index contributed by atoms with van der Waals surface area (Å²) in [5, 5.41) is 1.01. The molecule has 80 valence electrons. The van der Waals surface area contributed by atoms with Crippen LogP contribution in [-0.2, 0) is 9.84 Å². The van der Waals surface area contributed by atoms with E-state index in [1.165, 1.54) is 6.26 Å². The predicted molar refractivity (Wildman–Crippen MR) is 64.6 cm³/mol. The Kier molecular flexibility index (Phi) is 7.55. The molecule has 1 atom stereocenters. The summed E-state index contributed by atoms with van der Waals surface area (Å²) < 4.78 is 21.6. The van der Waals surface area contributed by atoms with Gasteiger partial charge in [-0.25, -0.2) is 8.42 Å². The smallest absolute Gasteiger partial charge is 0.148 e. The van der Waals surface area contributed by atoms with Crippen LogP contribution in [0.25, 0.3) is 0 Å². The molecule has 0 bridgehead atoms. The van der Waals surface area contributed by atoms with Gasteiger partial charge in [0.2, 0.25) is 0 Å². The van der Waals surface area contributed by atoms with Crippen molar-refractivity contribution in [2.24, 2.45) is 5.92 Å². The van der Waals surface area contributed by atoms with Crippen LogP contribution in [0.2, 0.25) is 0 Å². The molecule has 0 aromatic carbocycles. The highest BCUT2D eigenvalue weighted by atomic mass is 79.9. The van der Waals surface area contributed by atoms with Gasteiger partial charge in [-0.3, -0.25) is 0 Å². The van der Waals surface area contributed by atoms with E-state index in [0.717, 1.165) is 23.3 Å². The lowest BCUT2D eigenvalue weighted by Gasteiger charge is -2.09. The highest BCUT2D eigenvalue weighted by Crippen LogP contribution is 2.14. The fourth-order valence-electron chi connectivity index (χ4n) is 0.732. The van der Waals surface area contributed by atoms with Crippen molar-refractivity contribution < 1.29 is 8.42 Å². The SMILES string of the molecule is CCC(CBr)CSCCS(C)(=O)=O. The van der Waals surface area contributed by atoms with Crippen molar-refractivity contribution >= 4 is 37.5 Å². The van der Waals surface area contributed by atoms with Crippen LogP contribution in [0.4, 0.5) is 0 Å². The number of hydrogen-bond acceptors (Lipinski definition) is 3. The Morgan fingerprint density at radius 1 is 1.46 bits per heavy atom. The third-order valence-corrected chi connectivity index (χ3v) is 5.07. The maximum absolute atomic E-state index is 10.8. The molecule has 0 rings (SSSR count). The van der Waals surface area contributed by atoms with Crippen LogP contribution in [0.3, 0.4) is 0 Å². The average molecular weight is 289 g/mol. The van der Waals surface area contributed by atoms with Crippen LogP contribution in [-0.4, -0.2) is 37.3 Å². The van der Waals surface area contributed by atoms with E-state index < -0.39 is 9.84 Å². The second kappa shape index (κ2) is 7.12. The van der Waals surface area contributed by atoms with Crippen molar-refractivity contribution in [2.45, 2.75) is 13.3 Å². The molecule has 0 aliphatic rings. The van der Waals surface area contributed by atoms with E-state index in [4.69, 9.17) is 0 Å². The monoisotopic (exact) mass is 288 g/mol. The Bertz CT molecular complexity index is 210. The minimum atomic E-state index is -2.77. The number of halogens is 1. The maximum Gasteiger partial charge on any atom is 0.148 e. The fraction of sp³-hybridized carbons (Fsp3) is 1.00. The Morgan fingerprint density at radius 3 is 2.46 bits per heavy atom. The highest BCUT2D eigenvalue weighted by Gasteiger charge is 2.06. The van der Waals surface area contributed by atoms with E-state index in [1.54, 1.807) is 11.8 Å². The largest absolute Gasteiger partial charge is 0.229 e. The van der Waals surface area contributed by atoms with E-state index in [2.05, 4.69) is 22.9 Å². The standard InChI is InChI=1S/C8H17BrO2S2/c1-3-8(6-9)7-12-4-5-13(2,10)11/h8H,3-7H2,1-2H3. The van der Waals surface area contributed by atoms with Gasteiger partial charge in [0.05, 0.1) is 5.75 Å². The molecular formula is C8H17BrO2S2. The summed E-state index contributed by atoms with van der Waals surface area (Å²) in [6, 6.07) is 0. The van der Waals surface area contributed by atoms with Crippen molar-refractivity contribution in [1.82, 2.24) is 0 Å². The minimum Gasteiger partial charge on any atom is -0.229 e. The van der Waals surface area contributed by atoms with Gasteiger partial charge in [0.1, 0.15) is 9.84 Å². The van der Waals surface area contributed by atoms with E-state index in [-0.39, 0.29) is 0 Å². The molecule has 0 amide bonds. The van der Waals surface area contributed by atoms with Gasteiger partial charge in [0.25, 0.3) is 0 Å². The summed E-state index contributed by atoms with van der Waals surface area (Å²) in [6.07, 6.45) is 2.44. The Hall–Kier alpha value is 0.780. The van der Waals surface area contributed by atoms with Crippen molar-refractivity contribution in [2.75, 3.05) is 28.8 Å². The van der Waals surface area contributed by atoms with Crippen LogP contribution in [0.15, 0.2) is 0 Å². The summed E-state index contributed by atoms with van der Waals surface area (Å²) in [5.41, 5.74) is 0. The third kappa shape index (κ3) is 9.09. The van der Waals surface area contributed by atoms with E-state index in [0.29, 0.717) is 11.7 Å². The molecule has 5 heteroatoms. The fourth-order valence-corrected chi connectivity index (χ4v) is 4.26. The molecule has 1 unspecified atom stereocenters. The molecule has 0 radical (unpaired) electrons. The number of rotatable bonds is 7. The summed E-state index contributed by atoms with van der Waals surface area (Å²) >= 11 is 5.16. The topological polar surface area (TPSA) is 34.1 Å². The molecule has 0 fully saturated rings. The first-order valence-corrected chi connectivity index (χ1v) is 8.64. The lowest BCUT2D eigenvalue weighted by atomic mass is 10.2. The second-order valence-corrected chi connectivity index (χ2v) is 7.19. The molecule has 0 aliphatic heterocycles. The van der Waals surface area contributed by atoms with Crippen LogP contribution in [0.5, 0.6) is 0 Å². The van der Waals surface area contributed by atoms with Gasteiger partial charge in [0, 0.05) is 17.3 Å². The van der Waals surface area contributed by atoms with Gasteiger partial charge in [-0.05, 0) is 11.7 Å². The van der Waals surface area contributed by atoms with Gasteiger partial charge in [-0.15, -0.1) is 0 Å². The predicted octanol–water partition coefficient (Wildman–Crippen LogP) is 2.19. The van der Waals surface area contributed by atoms with E-state index in [1.807, 2.05) is 0 Å². The summed E-state index contributed by atoms with van der Waals surface area (Å²) in [5.74, 6) is 2.75. The lowest BCUT2D eigenvalue weighted by Crippen LogP contribution is -2.08. The van der Waals surface area contributed by atoms with Gasteiger partial charge in [-0.1, -0.05) is 29.3 Å². The molecule has 0 N–H and O–H groups in total. The molecule has 0 aromatic heterocycles. The van der Waals surface area contributed by atoms with Gasteiger partial charge in [-0.2, -0.15) is 11.8 Å². The van der Waals surface area contributed by atoms with Crippen molar-refractivity contribution in [3.63, 3.8) is 0 Å². The highest BCUT2D eigenvalue weighted by molar-refractivity contribution is 9.09. The summed E-state index contributed by atoms with van der Waals surface area (Å²) in [6.45, 7) is 2.16. The minimum absolute atomic E-state index is 0.302. The van der Waals surface area contributed by atoms with Gasteiger partial charge >= 0.3 is 0 Å². The van der Waals surface area contributed by atoms with Crippen molar-refractivity contribution in [3.05, 3.63) is 0 Å². The zero-order valence-corrected chi connectivity index (χ0v) is 11.3. The molecule has 2 nitrogen and oxygen atoms in total. The number of alkyl halides is 1. The zero-order valence-electron chi connectivity index (χ0n) is 8.12. The van der Waals surface area contributed by atoms with Gasteiger partial charge < -0.3 is 0 Å². The van der Waals surface area contributed by atoms with Crippen molar-refractivity contribution in [1.29, 1.82) is 0 Å². The number of sulfone groups is 1. The van der Waals surface area contributed by atoms with E-state index >= 15 is 0 Å². The maximum atomic E-state index is 10.8. The average Bonchev–Trinajstić information content (AvgIpc) is 2.03. The first-order chi connectivity index (χ1) is 5.99. The van der Waals surface area contributed by atoms with Crippen LogP contribution in [0, 0.1) is 5.92 Å². The number of thioether (sulfide) groups is 1. The molecule has 0 spiro atoms. The molecule has 0 aromatic rings. The molecular weight excluding hydrogens is 272 g/mol. The lowest BCUT2D eigenvalue weighted by molar-refractivity contribution is 0.603. The van der Waals surface area contributed by atoms with E-state index in [9.17, 15) is 8.42 Å².